The van der Waals surface area contributed by atoms with Gasteiger partial charge in [-0.3, -0.25) is 10.00 Å². The molecule has 1 N–H and O–H groups in total. The van der Waals surface area contributed by atoms with Crippen LogP contribution in [0.3, 0.4) is 0 Å². The molecule has 1 aromatic heterocycles. The first-order chi connectivity index (χ1) is 10.7. The second kappa shape index (κ2) is 6.54. The fourth-order valence-electron chi connectivity index (χ4n) is 2.80. The Kier molecular flexibility index (Phi) is 4.49. The van der Waals surface area contributed by atoms with Gasteiger partial charge in [-0.05, 0) is 13.0 Å². The van der Waals surface area contributed by atoms with Crippen molar-refractivity contribution in [2.24, 2.45) is 0 Å². The van der Waals surface area contributed by atoms with E-state index in [1.54, 1.807) is 6.07 Å². The molecular weight excluding hydrogens is 283 g/mol. The molecule has 2 aromatic rings. The van der Waals surface area contributed by atoms with E-state index in [0.717, 1.165) is 18.8 Å². The van der Waals surface area contributed by atoms with E-state index in [2.05, 4.69) is 20.1 Å². The Hall–Kier alpha value is -1.79. The number of nitrogens with zero attached hydrogens (tertiary/aromatic N) is 3. The molecule has 2 heterocycles. The molecule has 1 saturated heterocycles. The van der Waals surface area contributed by atoms with Gasteiger partial charge < -0.3 is 4.74 Å². The average molecular weight is 304 g/mol. The van der Waals surface area contributed by atoms with E-state index < -0.39 is 0 Å². The van der Waals surface area contributed by atoms with Crippen LogP contribution in [0.5, 0.6) is 0 Å². The number of halogens is 1. The normalized spacial score (nSPS) is 21.0. The topological polar surface area (TPSA) is 54.0 Å². The minimum absolute atomic E-state index is 0.00260. The van der Waals surface area contributed by atoms with Crippen LogP contribution < -0.4 is 0 Å². The van der Waals surface area contributed by atoms with Gasteiger partial charge in [0.2, 0.25) is 0 Å². The fourth-order valence-corrected chi connectivity index (χ4v) is 2.80. The quantitative estimate of drug-likeness (QED) is 0.943. The van der Waals surface area contributed by atoms with E-state index in [0.29, 0.717) is 24.5 Å². The van der Waals surface area contributed by atoms with Crippen LogP contribution in [0.25, 0.3) is 0 Å². The summed E-state index contributed by atoms with van der Waals surface area (Å²) >= 11 is 0. The van der Waals surface area contributed by atoms with Crippen molar-refractivity contribution < 1.29 is 9.13 Å². The molecule has 0 bridgehead atoms. The molecule has 1 fully saturated rings. The lowest BCUT2D eigenvalue weighted by Crippen LogP contribution is -2.40. The van der Waals surface area contributed by atoms with Crippen molar-refractivity contribution in [1.29, 1.82) is 0 Å². The Morgan fingerprint density at radius 2 is 2.27 bits per heavy atom. The molecule has 1 aromatic carbocycles. The van der Waals surface area contributed by atoms with E-state index in [1.165, 1.54) is 6.07 Å². The van der Waals surface area contributed by atoms with Gasteiger partial charge in [-0.25, -0.2) is 9.37 Å². The summed E-state index contributed by atoms with van der Waals surface area (Å²) in [4.78, 5) is 6.66. The Balaban J connectivity index is 1.74. The summed E-state index contributed by atoms with van der Waals surface area (Å²) in [6, 6.07) is 6.93. The lowest BCUT2D eigenvalue weighted by Gasteiger charge is -2.36. The zero-order valence-electron chi connectivity index (χ0n) is 12.9. The molecule has 22 heavy (non-hydrogen) atoms. The number of H-pyrrole nitrogens is 1. The number of aryl methyl sites for hydroxylation is 1. The second-order valence-corrected chi connectivity index (χ2v) is 5.55. The van der Waals surface area contributed by atoms with Gasteiger partial charge in [-0.15, -0.1) is 0 Å². The van der Waals surface area contributed by atoms with Crippen LogP contribution in [0.2, 0.25) is 0 Å². The van der Waals surface area contributed by atoms with Gasteiger partial charge in [0.1, 0.15) is 17.7 Å². The van der Waals surface area contributed by atoms with E-state index in [4.69, 9.17) is 4.74 Å². The highest BCUT2D eigenvalue weighted by atomic mass is 19.1. The number of morpholine rings is 1. The summed E-state index contributed by atoms with van der Waals surface area (Å²) < 4.78 is 19.8. The molecule has 6 heteroatoms. The highest BCUT2D eigenvalue weighted by molar-refractivity contribution is 5.21. The Morgan fingerprint density at radius 3 is 3.00 bits per heavy atom. The minimum Gasteiger partial charge on any atom is -0.367 e. The third kappa shape index (κ3) is 3.03. The number of hydrogen-bond donors (Lipinski definition) is 1. The first kappa shape index (κ1) is 15.1. The number of aromatic nitrogens is 3. The lowest BCUT2D eigenvalue weighted by molar-refractivity contribution is -0.0474. The van der Waals surface area contributed by atoms with Crippen molar-refractivity contribution in [2.75, 3.05) is 19.7 Å². The first-order valence-electron chi connectivity index (χ1n) is 7.70. The first-order valence-corrected chi connectivity index (χ1v) is 7.70. The number of ether oxygens (including phenoxy) is 1. The van der Waals surface area contributed by atoms with Crippen LogP contribution in [-0.2, 0) is 11.2 Å². The molecule has 1 aliphatic heterocycles. The number of aromatic amines is 1. The molecular formula is C16H21FN4O. The van der Waals surface area contributed by atoms with Crippen LogP contribution in [0.1, 0.15) is 43.2 Å². The number of hydrogen-bond acceptors (Lipinski definition) is 4. The van der Waals surface area contributed by atoms with Crippen LogP contribution >= 0.6 is 0 Å². The molecule has 3 rings (SSSR count). The van der Waals surface area contributed by atoms with Gasteiger partial charge in [0.15, 0.2) is 5.82 Å². The van der Waals surface area contributed by atoms with Crippen molar-refractivity contribution in [2.45, 2.75) is 32.4 Å². The zero-order chi connectivity index (χ0) is 15.5. The van der Waals surface area contributed by atoms with E-state index in [1.807, 2.05) is 26.0 Å². The minimum atomic E-state index is -0.167. The smallest absolute Gasteiger partial charge is 0.180 e. The highest BCUT2D eigenvalue weighted by Crippen LogP contribution is 2.28. The van der Waals surface area contributed by atoms with Crippen molar-refractivity contribution >= 4 is 0 Å². The monoisotopic (exact) mass is 304 g/mol. The molecule has 0 spiro atoms. The second-order valence-electron chi connectivity index (χ2n) is 5.55. The maximum Gasteiger partial charge on any atom is 0.180 e. The van der Waals surface area contributed by atoms with E-state index in [-0.39, 0.29) is 18.0 Å². The zero-order valence-corrected chi connectivity index (χ0v) is 12.9. The summed E-state index contributed by atoms with van der Waals surface area (Å²) in [5.74, 6) is 1.38. The van der Waals surface area contributed by atoms with Crippen LogP contribution in [0.15, 0.2) is 24.3 Å². The van der Waals surface area contributed by atoms with Crippen molar-refractivity contribution in [3.8, 4) is 0 Å². The molecule has 2 atom stereocenters. The number of rotatable bonds is 4. The Labute approximate surface area is 129 Å². The number of benzene rings is 1. The van der Waals surface area contributed by atoms with Crippen molar-refractivity contribution in [3.05, 3.63) is 47.3 Å². The van der Waals surface area contributed by atoms with E-state index in [9.17, 15) is 4.39 Å². The Morgan fingerprint density at radius 1 is 1.45 bits per heavy atom. The van der Waals surface area contributed by atoms with Gasteiger partial charge in [-0.2, -0.15) is 5.10 Å². The van der Waals surface area contributed by atoms with Gasteiger partial charge in [0.05, 0.1) is 6.61 Å². The van der Waals surface area contributed by atoms with Gasteiger partial charge in [0.25, 0.3) is 0 Å². The van der Waals surface area contributed by atoms with Crippen molar-refractivity contribution in [3.63, 3.8) is 0 Å². The predicted octanol–water partition coefficient (Wildman–Crippen LogP) is 2.64. The van der Waals surface area contributed by atoms with E-state index >= 15 is 0 Å². The summed E-state index contributed by atoms with van der Waals surface area (Å²) in [6.45, 7) is 6.09. The summed E-state index contributed by atoms with van der Waals surface area (Å²) in [6.07, 6.45) is 0.647. The molecule has 0 unspecified atom stereocenters. The molecule has 0 saturated carbocycles. The maximum absolute atomic E-state index is 14.0. The SMILES string of the molecule is CCc1nc([C@H]2CN([C@H](C)c3ccccc3F)CCO2)n[nH]1. The molecule has 5 nitrogen and oxygen atoms in total. The maximum atomic E-state index is 14.0. The van der Waals surface area contributed by atoms with Crippen molar-refractivity contribution in [1.82, 2.24) is 20.1 Å². The Bertz CT molecular complexity index is 630. The predicted molar refractivity (Wildman–Crippen MR) is 80.8 cm³/mol. The van der Waals surface area contributed by atoms with Gasteiger partial charge in [0, 0.05) is 31.1 Å². The molecule has 1 aliphatic rings. The molecule has 118 valence electrons. The number of nitrogens with one attached hydrogen (secondary N) is 1. The molecule has 0 radical (unpaired) electrons. The average Bonchev–Trinajstić information content (AvgIpc) is 3.04. The molecule has 0 aliphatic carbocycles. The van der Waals surface area contributed by atoms with Crippen LogP contribution in [-0.4, -0.2) is 39.8 Å². The third-order valence-corrected chi connectivity index (χ3v) is 4.17. The van der Waals surface area contributed by atoms with Crippen LogP contribution in [0, 0.1) is 5.82 Å². The lowest BCUT2D eigenvalue weighted by atomic mass is 10.1. The summed E-state index contributed by atoms with van der Waals surface area (Å²) in [7, 11) is 0. The third-order valence-electron chi connectivity index (χ3n) is 4.17. The standard InChI is InChI=1S/C16H21FN4O/c1-3-15-18-16(20-19-15)14-10-21(8-9-22-14)11(2)12-6-4-5-7-13(12)17/h4-7,11,14H,3,8-10H2,1-2H3,(H,18,19,20)/t11-,14-/m1/s1. The molecule has 0 amide bonds. The summed E-state index contributed by atoms with van der Waals surface area (Å²) in [5.41, 5.74) is 0.715. The fraction of sp³-hybridized carbons (Fsp3) is 0.500. The van der Waals surface area contributed by atoms with Gasteiger partial charge >= 0.3 is 0 Å². The van der Waals surface area contributed by atoms with Gasteiger partial charge in [-0.1, -0.05) is 25.1 Å². The highest BCUT2D eigenvalue weighted by Gasteiger charge is 2.29. The largest absolute Gasteiger partial charge is 0.367 e. The summed E-state index contributed by atoms with van der Waals surface area (Å²) in [5, 5.41) is 7.15. The van der Waals surface area contributed by atoms with Crippen LogP contribution in [0.4, 0.5) is 4.39 Å².